The van der Waals surface area contributed by atoms with E-state index in [1.165, 1.54) is 0 Å². The van der Waals surface area contributed by atoms with Crippen LogP contribution in [0.5, 0.6) is 5.75 Å². The first-order valence-corrected chi connectivity index (χ1v) is 9.96. The fourth-order valence-corrected chi connectivity index (χ4v) is 3.43. The van der Waals surface area contributed by atoms with Crippen LogP contribution < -0.4 is 5.32 Å². The van der Waals surface area contributed by atoms with Gasteiger partial charge in [-0.25, -0.2) is 8.78 Å². The molecule has 2 atom stereocenters. The highest BCUT2D eigenvalue weighted by Gasteiger charge is 2.22. The molecule has 2 N–H and O–H groups in total. The Bertz CT molecular complexity index is 1050. The fourth-order valence-electron chi connectivity index (χ4n) is 3.43. The maximum atomic E-state index is 14.1. The Balaban J connectivity index is 1.77. The summed E-state index contributed by atoms with van der Waals surface area (Å²) in [4.78, 5) is 23.7. The molecular formula is C25H23F2NO3. The molecule has 0 unspecified atom stereocenters. The highest BCUT2D eigenvalue weighted by Crippen LogP contribution is 2.24. The van der Waals surface area contributed by atoms with E-state index in [-0.39, 0.29) is 5.92 Å². The van der Waals surface area contributed by atoms with Crippen molar-refractivity contribution in [1.82, 2.24) is 5.32 Å². The van der Waals surface area contributed by atoms with Crippen molar-refractivity contribution >= 4 is 12.2 Å². The zero-order valence-electron chi connectivity index (χ0n) is 17.0. The molecule has 0 bridgehead atoms. The topological polar surface area (TPSA) is 66.4 Å². The molecule has 0 aromatic heterocycles. The summed E-state index contributed by atoms with van der Waals surface area (Å²) in [5.74, 6) is -4.75. The van der Waals surface area contributed by atoms with Gasteiger partial charge in [-0.05, 0) is 41.7 Å². The molecule has 4 nitrogen and oxygen atoms in total. The van der Waals surface area contributed by atoms with E-state index in [2.05, 4.69) is 5.32 Å². The first kappa shape index (κ1) is 22.2. The lowest BCUT2D eigenvalue weighted by atomic mass is 9.95. The minimum atomic E-state index is -1.31. The summed E-state index contributed by atoms with van der Waals surface area (Å²) in [5, 5.41) is 12.1. The summed E-state index contributed by atoms with van der Waals surface area (Å²) in [6, 6.07) is 19.1. The maximum Gasteiger partial charge on any atom is 0.254 e. The first-order valence-electron chi connectivity index (χ1n) is 9.96. The summed E-state index contributed by atoms with van der Waals surface area (Å²) in [5.41, 5.74) is 2.61. The number of carbonyl (C=O) groups is 2. The van der Waals surface area contributed by atoms with Crippen LogP contribution in [0.1, 0.15) is 29.3 Å². The van der Waals surface area contributed by atoms with Crippen LogP contribution in [0.25, 0.3) is 11.1 Å². The van der Waals surface area contributed by atoms with Crippen molar-refractivity contribution in [3.63, 3.8) is 0 Å². The zero-order valence-corrected chi connectivity index (χ0v) is 17.0. The zero-order chi connectivity index (χ0) is 22.4. The van der Waals surface area contributed by atoms with E-state index in [0.29, 0.717) is 12.8 Å². The lowest BCUT2D eigenvalue weighted by Gasteiger charge is -2.21. The Hall–Kier alpha value is -3.54. The van der Waals surface area contributed by atoms with Crippen molar-refractivity contribution in [2.45, 2.75) is 25.8 Å². The van der Waals surface area contributed by atoms with Crippen LogP contribution in [-0.2, 0) is 11.2 Å². The molecule has 6 heteroatoms. The minimum Gasteiger partial charge on any atom is -0.503 e. The number of nitrogens with one attached hydrogen (secondary N) is 1. The number of phenolic OH excluding ortho intramolecular Hbond substituents is 1. The number of benzene rings is 3. The molecule has 0 aliphatic heterocycles. The van der Waals surface area contributed by atoms with E-state index >= 15 is 0 Å². The Kier molecular flexibility index (Phi) is 7.13. The number of aromatic hydroxyl groups is 1. The van der Waals surface area contributed by atoms with Crippen LogP contribution in [0, 0.1) is 17.6 Å². The molecular weight excluding hydrogens is 400 g/mol. The van der Waals surface area contributed by atoms with Gasteiger partial charge in [0.2, 0.25) is 0 Å². The number of rotatable bonds is 8. The first-order chi connectivity index (χ1) is 14.9. The molecule has 0 fully saturated rings. The van der Waals surface area contributed by atoms with E-state index < -0.39 is 34.9 Å². The van der Waals surface area contributed by atoms with Gasteiger partial charge in [0.05, 0.1) is 5.56 Å². The molecule has 31 heavy (non-hydrogen) atoms. The van der Waals surface area contributed by atoms with Gasteiger partial charge in [-0.2, -0.15) is 0 Å². The Morgan fingerprint density at radius 2 is 1.65 bits per heavy atom. The molecule has 0 saturated heterocycles. The molecule has 0 saturated carbocycles. The molecule has 0 spiro atoms. The monoisotopic (exact) mass is 423 g/mol. The molecule has 0 heterocycles. The SMILES string of the molecule is C[C@@H](C=O)C[C@@H](Cc1ccc(-c2ccccc2)cc1)NC(=O)c1ccc(F)c(O)c1F. The number of aldehydes is 1. The summed E-state index contributed by atoms with van der Waals surface area (Å²) in [7, 11) is 0. The summed E-state index contributed by atoms with van der Waals surface area (Å²) >= 11 is 0. The third-order valence-electron chi connectivity index (χ3n) is 5.08. The summed E-state index contributed by atoms with van der Waals surface area (Å²) in [6.07, 6.45) is 1.57. The van der Waals surface area contributed by atoms with Gasteiger partial charge in [-0.3, -0.25) is 4.79 Å². The normalized spacial score (nSPS) is 12.7. The second-order valence-electron chi connectivity index (χ2n) is 7.54. The van der Waals surface area contributed by atoms with Crippen molar-refractivity contribution in [3.05, 3.63) is 89.5 Å². The number of carbonyl (C=O) groups excluding carboxylic acids is 2. The van der Waals surface area contributed by atoms with Crippen LogP contribution in [0.15, 0.2) is 66.7 Å². The lowest BCUT2D eigenvalue weighted by molar-refractivity contribution is -0.111. The number of phenols is 1. The number of hydrogen-bond acceptors (Lipinski definition) is 3. The Morgan fingerprint density at radius 3 is 2.29 bits per heavy atom. The Labute approximate surface area is 179 Å². The second-order valence-corrected chi connectivity index (χ2v) is 7.54. The Morgan fingerprint density at radius 1 is 1.00 bits per heavy atom. The number of hydrogen-bond donors (Lipinski definition) is 2. The molecule has 1 amide bonds. The van der Waals surface area contributed by atoms with Crippen molar-refractivity contribution < 1.29 is 23.5 Å². The van der Waals surface area contributed by atoms with Crippen molar-refractivity contribution in [1.29, 1.82) is 0 Å². The van der Waals surface area contributed by atoms with Crippen molar-refractivity contribution in [2.24, 2.45) is 5.92 Å². The van der Waals surface area contributed by atoms with Crippen molar-refractivity contribution in [2.75, 3.05) is 0 Å². The van der Waals surface area contributed by atoms with E-state index in [1.807, 2.05) is 54.6 Å². The molecule has 3 aromatic rings. The van der Waals surface area contributed by atoms with Crippen LogP contribution in [0.4, 0.5) is 8.78 Å². The molecule has 0 aliphatic rings. The largest absolute Gasteiger partial charge is 0.503 e. The van der Waals surface area contributed by atoms with Gasteiger partial charge in [0.1, 0.15) is 6.29 Å². The van der Waals surface area contributed by atoms with E-state index in [9.17, 15) is 23.5 Å². The molecule has 0 aliphatic carbocycles. The highest BCUT2D eigenvalue weighted by molar-refractivity contribution is 5.95. The van der Waals surface area contributed by atoms with E-state index in [1.54, 1.807) is 6.92 Å². The van der Waals surface area contributed by atoms with Gasteiger partial charge in [-0.1, -0.05) is 61.5 Å². The van der Waals surface area contributed by atoms with E-state index in [4.69, 9.17) is 0 Å². The molecule has 3 rings (SSSR count). The average Bonchev–Trinajstić information content (AvgIpc) is 2.78. The van der Waals surface area contributed by atoms with Gasteiger partial charge in [0, 0.05) is 12.0 Å². The third kappa shape index (κ3) is 5.54. The van der Waals surface area contributed by atoms with Crippen LogP contribution in [0.2, 0.25) is 0 Å². The lowest BCUT2D eigenvalue weighted by Crippen LogP contribution is -2.38. The number of halogens is 2. The highest BCUT2D eigenvalue weighted by atomic mass is 19.1. The predicted octanol–water partition coefficient (Wildman–Crippen LogP) is 4.90. The van der Waals surface area contributed by atoms with Gasteiger partial charge in [0.25, 0.3) is 5.91 Å². The standard InChI is InChI=1S/C25H23F2NO3/c1-16(15-29)13-20(28-25(31)21-11-12-22(26)24(30)23(21)27)14-17-7-9-19(10-8-17)18-5-3-2-4-6-18/h2-12,15-16,20,30H,13-14H2,1H3,(H,28,31)/t16-,20+/m1/s1. The summed E-state index contributed by atoms with van der Waals surface area (Å²) in [6.45, 7) is 1.73. The average molecular weight is 423 g/mol. The summed E-state index contributed by atoms with van der Waals surface area (Å²) < 4.78 is 27.4. The second kappa shape index (κ2) is 9.98. The molecule has 3 aromatic carbocycles. The number of amides is 1. The maximum absolute atomic E-state index is 14.1. The van der Waals surface area contributed by atoms with Crippen LogP contribution in [-0.4, -0.2) is 23.3 Å². The quantitative estimate of drug-likeness (QED) is 0.506. The van der Waals surface area contributed by atoms with Gasteiger partial charge in [0.15, 0.2) is 17.4 Å². The van der Waals surface area contributed by atoms with Gasteiger partial charge < -0.3 is 15.2 Å². The van der Waals surface area contributed by atoms with Crippen LogP contribution >= 0.6 is 0 Å². The minimum absolute atomic E-state index is 0.319. The smallest absolute Gasteiger partial charge is 0.254 e. The fraction of sp³-hybridized carbons (Fsp3) is 0.200. The third-order valence-corrected chi connectivity index (χ3v) is 5.08. The molecule has 0 radical (unpaired) electrons. The predicted molar refractivity (Wildman–Crippen MR) is 115 cm³/mol. The van der Waals surface area contributed by atoms with Crippen LogP contribution in [0.3, 0.4) is 0 Å². The van der Waals surface area contributed by atoms with E-state index in [0.717, 1.165) is 35.1 Å². The molecule has 160 valence electrons. The van der Waals surface area contributed by atoms with Gasteiger partial charge >= 0.3 is 0 Å². The van der Waals surface area contributed by atoms with Crippen molar-refractivity contribution in [3.8, 4) is 16.9 Å². The van der Waals surface area contributed by atoms with Gasteiger partial charge in [-0.15, -0.1) is 0 Å².